The van der Waals surface area contributed by atoms with E-state index < -0.39 is 0 Å². The van der Waals surface area contributed by atoms with Gasteiger partial charge in [0.15, 0.2) is 5.79 Å². The summed E-state index contributed by atoms with van der Waals surface area (Å²) < 4.78 is 11.3. The lowest BCUT2D eigenvalue weighted by molar-refractivity contribution is -0.145. The van der Waals surface area contributed by atoms with Gasteiger partial charge in [-0.1, -0.05) is 0 Å². The first-order valence-corrected chi connectivity index (χ1v) is 6.18. The van der Waals surface area contributed by atoms with Gasteiger partial charge in [-0.25, -0.2) is 4.98 Å². The lowest BCUT2D eigenvalue weighted by atomic mass is 10.2. The Balaban J connectivity index is 1.61. The molecule has 2 aliphatic rings. The molecule has 3 rings (SSSR count). The molecule has 0 bridgehead atoms. The van der Waals surface area contributed by atoms with Gasteiger partial charge in [0.25, 0.3) is 0 Å². The van der Waals surface area contributed by atoms with Gasteiger partial charge in [-0.3, -0.25) is 4.90 Å². The summed E-state index contributed by atoms with van der Waals surface area (Å²) in [5.41, 5.74) is 3.03. The van der Waals surface area contributed by atoms with Gasteiger partial charge in [-0.15, -0.1) is 11.3 Å². The van der Waals surface area contributed by atoms with E-state index in [1.807, 2.05) is 5.51 Å². The third kappa shape index (κ3) is 1.92. The number of thiazole rings is 1. The fourth-order valence-electron chi connectivity index (χ4n) is 2.24. The van der Waals surface area contributed by atoms with E-state index in [0.717, 1.165) is 45.0 Å². The second-order valence-electron chi connectivity index (χ2n) is 4.05. The molecule has 2 saturated heterocycles. The minimum absolute atomic E-state index is 0.296. The lowest BCUT2D eigenvalue weighted by Gasteiger charge is -2.21. The molecule has 0 aliphatic carbocycles. The van der Waals surface area contributed by atoms with E-state index in [2.05, 4.69) is 15.3 Å². The lowest BCUT2D eigenvalue weighted by Crippen LogP contribution is -2.34. The number of nitrogens with zero attached hydrogens (tertiary/aromatic N) is 2. The standard InChI is InChI=1S/C10H14N2O2S/c1-2-12(5-9-6-15-8-11-9)7-10(1)13-3-4-14-10/h6,8H,1-5,7H2. The van der Waals surface area contributed by atoms with E-state index in [0.29, 0.717) is 0 Å². The number of hydrogen-bond acceptors (Lipinski definition) is 5. The van der Waals surface area contributed by atoms with Gasteiger partial charge < -0.3 is 9.47 Å². The van der Waals surface area contributed by atoms with Crippen LogP contribution in [0, 0.1) is 0 Å². The molecule has 82 valence electrons. The largest absolute Gasteiger partial charge is 0.346 e. The molecule has 2 aliphatic heterocycles. The first-order chi connectivity index (χ1) is 7.36. The molecule has 0 atom stereocenters. The highest BCUT2D eigenvalue weighted by atomic mass is 32.1. The van der Waals surface area contributed by atoms with Crippen molar-refractivity contribution in [2.75, 3.05) is 26.3 Å². The summed E-state index contributed by atoms with van der Waals surface area (Å²) in [5, 5.41) is 2.10. The summed E-state index contributed by atoms with van der Waals surface area (Å²) in [6.07, 6.45) is 0.983. The Morgan fingerprint density at radius 3 is 3.07 bits per heavy atom. The van der Waals surface area contributed by atoms with Gasteiger partial charge in [-0.05, 0) is 0 Å². The van der Waals surface area contributed by atoms with Crippen LogP contribution in [-0.2, 0) is 16.0 Å². The second kappa shape index (κ2) is 3.83. The van der Waals surface area contributed by atoms with Crippen molar-refractivity contribution in [3.63, 3.8) is 0 Å². The van der Waals surface area contributed by atoms with Crippen LogP contribution in [0.2, 0.25) is 0 Å². The van der Waals surface area contributed by atoms with Crippen LogP contribution in [0.5, 0.6) is 0 Å². The summed E-state index contributed by atoms with van der Waals surface area (Å²) in [6, 6.07) is 0. The number of ether oxygens (including phenoxy) is 2. The molecule has 15 heavy (non-hydrogen) atoms. The van der Waals surface area contributed by atoms with E-state index in [4.69, 9.17) is 9.47 Å². The summed E-state index contributed by atoms with van der Waals surface area (Å²) in [5.74, 6) is -0.296. The predicted molar refractivity (Wildman–Crippen MR) is 56.6 cm³/mol. The van der Waals surface area contributed by atoms with E-state index in [-0.39, 0.29) is 5.79 Å². The summed E-state index contributed by atoms with van der Waals surface area (Å²) >= 11 is 1.65. The molecule has 0 amide bonds. The molecule has 1 spiro atoms. The molecule has 0 unspecified atom stereocenters. The Hall–Kier alpha value is -0.490. The van der Waals surface area contributed by atoms with Crippen LogP contribution in [0.3, 0.4) is 0 Å². The number of hydrogen-bond donors (Lipinski definition) is 0. The Morgan fingerprint density at radius 1 is 1.47 bits per heavy atom. The summed E-state index contributed by atoms with van der Waals surface area (Å²) in [6.45, 7) is 4.31. The van der Waals surface area contributed by atoms with Crippen molar-refractivity contribution >= 4 is 11.3 Å². The fraction of sp³-hybridized carbons (Fsp3) is 0.700. The van der Waals surface area contributed by atoms with Crippen molar-refractivity contribution in [2.45, 2.75) is 18.8 Å². The van der Waals surface area contributed by atoms with Crippen LogP contribution >= 0.6 is 11.3 Å². The van der Waals surface area contributed by atoms with Crippen LogP contribution in [0.4, 0.5) is 0 Å². The maximum Gasteiger partial charge on any atom is 0.182 e. The third-order valence-corrected chi connectivity index (χ3v) is 3.59. The molecule has 2 fully saturated rings. The Kier molecular flexibility index (Phi) is 2.48. The average molecular weight is 226 g/mol. The monoisotopic (exact) mass is 226 g/mol. The highest BCUT2D eigenvalue weighted by Crippen LogP contribution is 2.30. The van der Waals surface area contributed by atoms with Gasteiger partial charge in [-0.2, -0.15) is 0 Å². The molecule has 0 aromatic carbocycles. The quantitative estimate of drug-likeness (QED) is 0.756. The van der Waals surface area contributed by atoms with E-state index in [1.165, 1.54) is 0 Å². The van der Waals surface area contributed by atoms with Gasteiger partial charge in [0.1, 0.15) is 0 Å². The molecule has 1 aromatic heterocycles. The van der Waals surface area contributed by atoms with Crippen LogP contribution in [-0.4, -0.2) is 42.0 Å². The Bertz CT molecular complexity index is 322. The average Bonchev–Trinajstić information content (AvgIpc) is 2.92. The van der Waals surface area contributed by atoms with E-state index in [9.17, 15) is 0 Å². The molecule has 4 nitrogen and oxygen atoms in total. The van der Waals surface area contributed by atoms with Crippen LogP contribution < -0.4 is 0 Å². The molecule has 0 radical (unpaired) electrons. The SMILES string of the molecule is c1nc(CN2CCC3(C2)OCCO3)cs1. The van der Waals surface area contributed by atoms with Gasteiger partial charge >= 0.3 is 0 Å². The number of aromatic nitrogens is 1. The molecule has 0 saturated carbocycles. The normalized spacial score (nSPS) is 25.3. The zero-order chi connectivity index (χ0) is 10.1. The molecule has 0 N–H and O–H groups in total. The van der Waals surface area contributed by atoms with Crippen molar-refractivity contribution in [3.05, 3.63) is 16.6 Å². The summed E-state index contributed by atoms with van der Waals surface area (Å²) in [4.78, 5) is 6.64. The topological polar surface area (TPSA) is 34.6 Å². The van der Waals surface area contributed by atoms with Gasteiger partial charge in [0.2, 0.25) is 0 Å². The maximum atomic E-state index is 5.67. The predicted octanol–water partition coefficient (Wildman–Crippen LogP) is 1.09. The van der Waals surface area contributed by atoms with Crippen LogP contribution in [0.25, 0.3) is 0 Å². The molecule has 3 heterocycles. The zero-order valence-corrected chi connectivity index (χ0v) is 9.33. The van der Waals surface area contributed by atoms with Crippen LogP contribution in [0.1, 0.15) is 12.1 Å². The highest BCUT2D eigenvalue weighted by Gasteiger charge is 2.43. The Morgan fingerprint density at radius 2 is 2.33 bits per heavy atom. The van der Waals surface area contributed by atoms with Crippen molar-refractivity contribution in [3.8, 4) is 0 Å². The molecule has 5 heteroatoms. The van der Waals surface area contributed by atoms with Gasteiger partial charge in [0, 0.05) is 24.9 Å². The number of rotatable bonds is 2. The Labute approximate surface area is 92.8 Å². The highest BCUT2D eigenvalue weighted by molar-refractivity contribution is 7.07. The molecule has 1 aromatic rings. The third-order valence-electron chi connectivity index (χ3n) is 2.96. The maximum absolute atomic E-state index is 5.67. The fourth-order valence-corrected chi connectivity index (χ4v) is 2.79. The van der Waals surface area contributed by atoms with Gasteiger partial charge in [0.05, 0.1) is 31.0 Å². The van der Waals surface area contributed by atoms with Crippen molar-refractivity contribution in [1.29, 1.82) is 0 Å². The zero-order valence-electron chi connectivity index (χ0n) is 8.52. The molecular weight excluding hydrogens is 212 g/mol. The minimum Gasteiger partial charge on any atom is -0.346 e. The second-order valence-corrected chi connectivity index (χ2v) is 4.77. The van der Waals surface area contributed by atoms with E-state index in [1.54, 1.807) is 11.3 Å². The van der Waals surface area contributed by atoms with E-state index >= 15 is 0 Å². The van der Waals surface area contributed by atoms with Crippen molar-refractivity contribution < 1.29 is 9.47 Å². The first kappa shape index (κ1) is 9.72. The molecular formula is C10H14N2O2S. The number of likely N-dealkylation sites (tertiary alicyclic amines) is 1. The smallest absolute Gasteiger partial charge is 0.182 e. The van der Waals surface area contributed by atoms with Crippen LogP contribution in [0.15, 0.2) is 10.9 Å². The minimum atomic E-state index is -0.296. The van der Waals surface area contributed by atoms with Crippen molar-refractivity contribution in [2.24, 2.45) is 0 Å². The van der Waals surface area contributed by atoms with Crippen molar-refractivity contribution in [1.82, 2.24) is 9.88 Å². The first-order valence-electron chi connectivity index (χ1n) is 5.24. The summed E-state index contributed by atoms with van der Waals surface area (Å²) in [7, 11) is 0.